The fraction of sp³-hybridized carbons (Fsp3) is 0.538. The highest BCUT2D eigenvalue weighted by Gasteiger charge is 2.11. The Morgan fingerprint density at radius 1 is 1.35 bits per heavy atom. The molecule has 1 aromatic rings. The summed E-state index contributed by atoms with van der Waals surface area (Å²) in [7, 11) is 2.02. The minimum atomic E-state index is 0. The summed E-state index contributed by atoms with van der Waals surface area (Å²) in [4.78, 5) is 0. The van der Waals surface area contributed by atoms with E-state index >= 15 is 0 Å². The number of rotatable bonds is 5. The third-order valence-electron chi connectivity index (χ3n) is 2.61. The second kappa shape index (κ2) is 7.41. The first-order valence-corrected chi connectivity index (χ1v) is 5.80. The van der Waals surface area contributed by atoms with Crippen LogP contribution in [-0.4, -0.2) is 25.3 Å². The highest BCUT2D eigenvalue weighted by atomic mass is 35.5. The van der Waals surface area contributed by atoms with Gasteiger partial charge in [0, 0.05) is 5.56 Å². The average molecular weight is 260 g/mol. The van der Waals surface area contributed by atoms with Gasteiger partial charge in [-0.15, -0.1) is 0 Å². The molecule has 98 valence electrons. The maximum absolute atomic E-state index is 9.68. The number of likely N-dealkylation sites (N-methyl/N-ethyl adjacent to an activating group) is 1. The Labute approximate surface area is 110 Å². The first-order valence-electron chi connectivity index (χ1n) is 5.80. The summed E-state index contributed by atoms with van der Waals surface area (Å²) in [6.07, 6.45) is 0. The fourth-order valence-electron chi connectivity index (χ4n) is 1.55. The molecule has 0 atom stereocenters. The monoisotopic (exact) mass is 259 g/mol. The first-order chi connectivity index (χ1) is 7.56. The molecule has 4 heteroatoms. The third kappa shape index (κ3) is 4.44. The van der Waals surface area contributed by atoms with E-state index in [1.54, 1.807) is 0 Å². The first kappa shape index (κ1) is 16.1. The van der Waals surface area contributed by atoms with Crippen LogP contribution in [0.3, 0.4) is 0 Å². The van der Waals surface area contributed by atoms with Crippen molar-refractivity contribution in [3.63, 3.8) is 0 Å². The number of phenolic OH excluding ortho intramolecular Hbond substituents is 1. The zero-order chi connectivity index (χ0) is 12.1. The SMILES string of the molecule is C[NH2+]CCOc1cc(C)c(O)cc1C(C)C.[Cl-]. The molecule has 0 aromatic heterocycles. The molecule has 0 fully saturated rings. The van der Waals surface area contributed by atoms with Crippen LogP contribution in [0.5, 0.6) is 11.5 Å². The molecule has 0 spiro atoms. The van der Waals surface area contributed by atoms with Crippen molar-refractivity contribution in [3.8, 4) is 11.5 Å². The zero-order valence-corrected chi connectivity index (χ0v) is 11.7. The Kier molecular flexibility index (Phi) is 7.00. The maximum Gasteiger partial charge on any atom is 0.137 e. The second-order valence-corrected chi connectivity index (χ2v) is 4.38. The van der Waals surface area contributed by atoms with Gasteiger partial charge in [0.05, 0.1) is 7.05 Å². The van der Waals surface area contributed by atoms with E-state index in [2.05, 4.69) is 19.2 Å². The molecule has 0 amide bonds. The van der Waals surface area contributed by atoms with Gasteiger partial charge >= 0.3 is 0 Å². The van der Waals surface area contributed by atoms with Crippen molar-refractivity contribution in [2.24, 2.45) is 0 Å². The van der Waals surface area contributed by atoms with Gasteiger partial charge in [-0.2, -0.15) is 0 Å². The minimum Gasteiger partial charge on any atom is -1.00 e. The number of nitrogens with two attached hydrogens (primary N) is 1. The summed E-state index contributed by atoms with van der Waals surface area (Å²) < 4.78 is 5.73. The van der Waals surface area contributed by atoms with Gasteiger partial charge in [0.2, 0.25) is 0 Å². The van der Waals surface area contributed by atoms with E-state index in [1.807, 2.05) is 26.1 Å². The number of aryl methyl sites for hydroxylation is 1. The van der Waals surface area contributed by atoms with Crippen molar-refractivity contribution in [3.05, 3.63) is 23.3 Å². The molecule has 1 aromatic carbocycles. The highest BCUT2D eigenvalue weighted by molar-refractivity contribution is 5.46. The molecular weight excluding hydrogens is 238 g/mol. The topological polar surface area (TPSA) is 46.1 Å². The van der Waals surface area contributed by atoms with Gasteiger partial charge in [-0.25, -0.2) is 0 Å². The van der Waals surface area contributed by atoms with Gasteiger partial charge in [0.25, 0.3) is 0 Å². The number of phenols is 1. The summed E-state index contributed by atoms with van der Waals surface area (Å²) in [5.74, 6) is 1.59. The van der Waals surface area contributed by atoms with Gasteiger partial charge in [-0.3, -0.25) is 0 Å². The van der Waals surface area contributed by atoms with E-state index in [0.29, 0.717) is 18.3 Å². The van der Waals surface area contributed by atoms with Crippen LogP contribution in [0.4, 0.5) is 0 Å². The molecule has 1 rings (SSSR count). The van der Waals surface area contributed by atoms with Crippen LogP contribution >= 0.6 is 0 Å². The fourth-order valence-corrected chi connectivity index (χ4v) is 1.55. The van der Waals surface area contributed by atoms with E-state index in [1.165, 1.54) is 0 Å². The molecule has 0 saturated heterocycles. The maximum atomic E-state index is 9.68. The van der Waals surface area contributed by atoms with Crippen LogP contribution in [0.15, 0.2) is 12.1 Å². The van der Waals surface area contributed by atoms with Crippen LogP contribution < -0.4 is 22.5 Å². The quantitative estimate of drug-likeness (QED) is 0.626. The van der Waals surface area contributed by atoms with Crippen molar-refractivity contribution in [2.75, 3.05) is 20.2 Å². The predicted octanol–water partition coefficient (Wildman–Crippen LogP) is -1.60. The second-order valence-electron chi connectivity index (χ2n) is 4.38. The van der Waals surface area contributed by atoms with Crippen LogP contribution in [0, 0.1) is 6.92 Å². The third-order valence-corrected chi connectivity index (χ3v) is 2.61. The Balaban J connectivity index is 0.00000256. The van der Waals surface area contributed by atoms with Crippen LogP contribution in [-0.2, 0) is 0 Å². The van der Waals surface area contributed by atoms with Gasteiger partial charge < -0.3 is 27.6 Å². The molecule has 0 aliphatic heterocycles. The van der Waals surface area contributed by atoms with Crippen molar-refractivity contribution >= 4 is 0 Å². The van der Waals surface area contributed by atoms with Crippen LogP contribution in [0.25, 0.3) is 0 Å². The zero-order valence-electron chi connectivity index (χ0n) is 11.0. The summed E-state index contributed by atoms with van der Waals surface area (Å²) in [5, 5.41) is 11.8. The summed E-state index contributed by atoms with van der Waals surface area (Å²) in [6, 6.07) is 3.73. The normalized spacial score (nSPS) is 10.2. The summed E-state index contributed by atoms with van der Waals surface area (Å²) >= 11 is 0. The molecule has 0 saturated carbocycles. The average Bonchev–Trinajstić information content (AvgIpc) is 2.23. The lowest BCUT2D eigenvalue weighted by molar-refractivity contribution is -0.627. The number of hydrogen-bond acceptors (Lipinski definition) is 2. The van der Waals surface area contributed by atoms with E-state index in [9.17, 15) is 5.11 Å². The molecule has 0 unspecified atom stereocenters. The smallest absolute Gasteiger partial charge is 0.137 e. The lowest BCUT2D eigenvalue weighted by Crippen LogP contribution is -3.00. The predicted molar refractivity (Wildman–Crippen MR) is 65.1 cm³/mol. The Bertz CT molecular complexity index is 354. The van der Waals surface area contributed by atoms with E-state index in [-0.39, 0.29) is 12.4 Å². The summed E-state index contributed by atoms with van der Waals surface area (Å²) in [5.41, 5.74) is 1.93. The lowest BCUT2D eigenvalue weighted by atomic mass is 10.00. The lowest BCUT2D eigenvalue weighted by Gasteiger charge is -2.15. The molecule has 0 radical (unpaired) electrons. The summed E-state index contributed by atoms with van der Waals surface area (Å²) in [6.45, 7) is 7.72. The van der Waals surface area contributed by atoms with E-state index < -0.39 is 0 Å². The molecule has 0 aliphatic rings. The molecule has 3 nitrogen and oxygen atoms in total. The largest absolute Gasteiger partial charge is 1.00 e. The Hall–Kier alpha value is -0.930. The van der Waals surface area contributed by atoms with Crippen molar-refractivity contribution in [2.45, 2.75) is 26.7 Å². The number of aromatic hydroxyl groups is 1. The number of benzene rings is 1. The minimum absolute atomic E-state index is 0. The van der Waals surface area contributed by atoms with Gasteiger partial charge in [0.15, 0.2) is 0 Å². The standard InChI is InChI=1S/C13H21NO2.ClH/c1-9(2)11-8-12(15)10(3)7-13(11)16-6-5-14-4;/h7-9,14-15H,5-6H2,1-4H3;1H. The highest BCUT2D eigenvalue weighted by Crippen LogP contribution is 2.32. The van der Waals surface area contributed by atoms with E-state index in [0.717, 1.165) is 23.4 Å². The van der Waals surface area contributed by atoms with Crippen LogP contribution in [0.2, 0.25) is 0 Å². The van der Waals surface area contributed by atoms with E-state index in [4.69, 9.17) is 4.74 Å². The number of hydrogen-bond donors (Lipinski definition) is 2. The van der Waals surface area contributed by atoms with Gasteiger partial charge in [-0.05, 0) is 30.5 Å². The number of halogens is 1. The molecular formula is C13H22ClNO2. The number of quaternary nitrogens is 1. The van der Waals surface area contributed by atoms with Gasteiger partial charge in [-0.1, -0.05) is 13.8 Å². The Morgan fingerprint density at radius 3 is 2.53 bits per heavy atom. The Morgan fingerprint density at radius 2 is 2.00 bits per heavy atom. The van der Waals surface area contributed by atoms with Crippen molar-refractivity contribution in [1.82, 2.24) is 0 Å². The van der Waals surface area contributed by atoms with Crippen molar-refractivity contribution < 1.29 is 27.6 Å². The van der Waals surface area contributed by atoms with Crippen molar-refractivity contribution in [1.29, 1.82) is 0 Å². The number of ether oxygens (including phenoxy) is 1. The van der Waals surface area contributed by atoms with Gasteiger partial charge in [0.1, 0.15) is 24.7 Å². The molecule has 0 bridgehead atoms. The molecule has 3 N–H and O–H groups in total. The molecule has 0 aliphatic carbocycles. The molecule has 0 heterocycles. The van der Waals surface area contributed by atoms with Crippen LogP contribution in [0.1, 0.15) is 30.9 Å². The molecule has 17 heavy (non-hydrogen) atoms.